The van der Waals surface area contributed by atoms with E-state index in [0.29, 0.717) is 31.3 Å². The maximum atomic E-state index is 11.0. The van der Waals surface area contributed by atoms with E-state index in [9.17, 15) is 4.79 Å². The molecule has 6 heteroatoms. The van der Waals surface area contributed by atoms with Crippen LogP contribution in [-0.4, -0.2) is 39.4 Å². The molecule has 1 aromatic rings. The molecule has 0 unspecified atom stereocenters. The van der Waals surface area contributed by atoms with Gasteiger partial charge in [-0.1, -0.05) is 17.7 Å². The Hall–Kier alpha value is -1.30. The van der Waals surface area contributed by atoms with Crippen LogP contribution in [-0.2, 0) is 20.8 Å². The largest absolute Gasteiger partial charge is 0.496 e. The van der Waals surface area contributed by atoms with E-state index in [1.165, 1.54) is 0 Å². The summed E-state index contributed by atoms with van der Waals surface area (Å²) >= 11 is 6.11. The zero-order chi connectivity index (χ0) is 14.8. The second-order valence-electron chi connectivity index (χ2n) is 3.96. The Labute approximate surface area is 124 Å². The molecule has 0 spiro atoms. The zero-order valence-electron chi connectivity index (χ0n) is 11.8. The van der Waals surface area contributed by atoms with E-state index in [1.807, 2.05) is 18.2 Å². The third kappa shape index (κ3) is 5.77. The molecule has 20 heavy (non-hydrogen) atoms. The fourth-order valence-corrected chi connectivity index (χ4v) is 1.85. The van der Waals surface area contributed by atoms with Gasteiger partial charge < -0.3 is 19.5 Å². The second kappa shape index (κ2) is 9.58. The lowest BCUT2D eigenvalue weighted by atomic mass is 10.2. The first-order valence-corrected chi connectivity index (χ1v) is 6.82. The Bertz CT molecular complexity index is 426. The molecule has 0 aliphatic carbocycles. The van der Waals surface area contributed by atoms with Crippen LogP contribution in [0.3, 0.4) is 0 Å². The van der Waals surface area contributed by atoms with E-state index < -0.39 is 0 Å². The molecule has 5 nitrogen and oxygen atoms in total. The molecule has 1 aromatic carbocycles. The normalized spacial score (nSPS) is 10.3. The van der Waals surface area contributed by atoms with Gasteiger partial charge in [0.25, 0.3) is 0 Å². The van der Waals surface area contributed by atoms with Crippen molar-refractivity contribution in [3.8, 4) is 5.75 Å². The molecule has 1 rings (SSSR count). The highest BCUT2D eigenvalue weighted by atomic mass is 35.5. The maximum absolute atomic E-state index is 11.0. The molecule has 0 radical (unpaired) electrons. The third-order valence-electron chi connectivity index (χ3n) is 2.55. The average molecular weight is 302 g/mol. The molecular formula is C14H20ClNO4. The van der Waals surface area contributed by atoms with Crippen LogP contribution in [0.1, 0.15) is 12.5 Å². The summed E-state index contributed by atoms with van der Waals surface area (Å²) < 4.78 is 15.2. The van der Waals surface area contributed by atoms with Crippen molar-refractivity contribution in [1.29, 1.82) is 0 Å². The van der Waals surface area contributed by atoms with Crippen molar-refractivity contribution in [2.45, 2.75) is 13.5 Å². The lowest BCUT2D eigenvalue weighted by Crippen LogP contribution is -2.22. The van der Waals surface area contributed by atoms with Gasteiger partial charge in [-0.05, 0) is 19.1 Å². The van der Waals surface area contributed by atoms with E-state index in [0.717, 1.165) is 11.3 Å². The summed E-state index contributed by atoms with van der Waals surface area (Å²) in [5.41, 5.74) is 0.905. The number of carbonyl (C=O) groups excluding carboxylic acids is 1. The number of methoxy groups -OCH3 is 1. The summed E-state index contributed by atoms with van der Waals surface area (Å²) in [6.45, 7) is 3.71. The van der Waals surface area contributed by atoms with E-state index in [-0.39, 0.29) is 12.6 Å². The molecule has 0 fully saturated rings. The minimum atomic E-state index is -0.347. The number of nitrogens with one attached hydrogen (secondary N) is 1. The Balaban J connectivity index is 2.23. The fourth-order valence-electron chi connectivity index (χ4n) is 1.62. The summed E-state index contributed by atoms with van der Waals surface area (Å²) in [6.07, 6.45) is 0. The minimum Gasteiger partial charge on any atom is -0.496 e. The molecule has 0 heterocycles. The number of ether oxygens (including phenoxy) is 3. The van der Waals surface area contributed by atoms with E-state index >= 15 is 0 Å². The number of esters is 1. The first-order valence-electron chi connectivity index (χ1n) is 6.44. The molecule has 0 aromatic heterocycles. The van der Waals surface area contributed by atoms with Gasteiger partial charge in [0.1, 0.15) is 12.4 Å². The van der Waals surface area contributed by atoms with Gasteiger partial charge in [-0.3, -0.25) is 0 Å². The molecule has 0 aliphatic rings. The summed E-state index contributed by atoms with van der Waals surface area (Å²) in [7, 11) is 1.61. The summed E-state index contributed by atoms with van der Waals surface area (Å²) in [5, 5.41) is 3.84. The number of hydrogen-bond acceptors (Lipinski definition) is 5. The fraction of sp³-hybridized carbons (Fsp3) is 0.500. The number of carbonyl (C=O) groups is 1. The topological polar surface area (TPSA) is 56.8 Å². The van der Waals surface area contributed by atoms with Gasteiger partial charge in [-0.2, -0.15) is 0 Å². The lowest BCUT2D eigenvalue weighted by Gasteiger charge is -2.11. The Morgan fingerprint density at radius 3 is 2.90 bits per heavy atom. The first-order chi connectivity index (χ1) is 9.69. The van der Waals surface area contributed by atoms with Crippen LogP contribution in [0.25, 0.3) is 0 Å². The maximum Gasteiger partial charge on any atom is 0.332 e. The molecule has 0 atom stereocenters. The van der Waals surface area contributed by atoms with Gasteiger partial charge in [0.2, 0.25) is 0 Å². The van der Waals surface area contributed by atoms with Crippen molar-refractivity contribution in [3.05, 3.63) is 28.8 Å². The standard InChI is InChI=1S/C14H20ClNO4/c1-3-20-14(17)10-19-8-7-16-9-11-12(15)5-4-6-13(11)18-2/h4-6,16H,3,7-10H2,1-2H3. The quantitative estimate of drug-likeness (QED) is 0.558. The predicted octanol–water partition coefficient (Wildman–Crippen LogP) is 2.02. The Kier molecular flexibility index (Phi) is 8.02. The van der Waals surface area contributed by atoms with Gasteiger partial charge in [0.05, 0.1) is 20.3 Å². The Morgan fingerprint density at radius 1 is 1.40 bits per heavy atom. The van der Waals surface area contributed by atoms with Crippen molar-refractivity contribution in [2.24, 2.45) is 0 Å². The monoisotopic (exact) mass is 301 g/mol. The number of halogens is 1. The van der Waals surface area contributed by atoms with Gasteiger partial charge in [0, 0.05) is 23.7 Å². The molecule has 0 aliphatic heterocycles. The van der Waals surface area contributed by atoms with Gasteiger partial charge in [-0.15, -0.1) is 0 Å². The van der Waals surface area contributed by atoms with Gasteiger partial charge >= 0.3 is 5.97 Å². The lowest BCUT2D eigenvalue weighted by molar-refractivity contribution is -0.148. The molecular weight excluding hydrogens is 282 g/mol. The Morgan fingerprint density at radius 2 is 2.20 bits per heavy atom. The van der Waals surface area contributed by atoms with Crippen LogP contribution < -0.4 is 10.1 Å². The average Bonchev–Trinajstić information content (AvgIpc) is 2.44. The van der Waals surface area contributed by atoms with Crippen molar-refractivity contribution < 1.29 is 19.0 Å². The van der Waals surface area contributed by atoms with E-state index in [2.05, 4.69) is 5.32 Å². The van der Waals surface area contributed by atoms with Gasteiger partial charge in [0.15, 0.2) is 0 Å². The van der Waals surface area contributed by atoms with Crippen LogP contribution in [0.15, 0.2) is 18.2 Å². The molecule has 0 saturated heterocycles. The molecule has 0 bridgehead atoms. The van der Waals surface area contributed by atoms with Crippen molar-refractivity contribution in [1.82, 2.24) is 5.32 Å². The van der Waals surface area contributed by atoms with Crippen LogP contribution in [0.2, 0.25) is 5.02 Å². The van der Waals surface area contributed by atoms with Crippen LogP contribution >= 0.6 is 11.6 Å². The summed E-state index contributed by atoms with van der Waals surface area (Å²) in [5.74, 6) is 0.401. The van der Waals surface area contributed by atoms with Crippen LogP contribution in [0.5, 0.6) is 5.75 Å². The van der Waals surface area contributed by atoms with E-state index in [1.54, 1.807) is 14.0 Å². The second-order valence-corrected chi connectivity index (χ2v) is 4.36. The summed E-state index contributed by atoms with van der Waals surface area (Å²) in [4.78, 5) is 11.0. The molecule has 0 amide bonds. The highest BCUT2D eigenvalue weighted by Gasteiger charge is 2.06. The zero-order valence-corrected chi connectivity index (χ0v) is 12.5. The molecule has 1 N–H and O–H groups in total. The predicted molar refractivity (Wildman–Crippen MR) is 77.2 cm³/mol. The minimum absolute atomic E-state index is 0.0229. The van der Waals surface area contributed by atoms with Gasteiger partial charge in [-0.25, -0.2) is 4.79 Å². The molecule has 0 saturated carbocycles. The SMILES string of the molecule is CCOC(=O)COCCNCc1c(Cl)cccc1OC. The number of benzene rings is 1. The van der Waals surface area contributed by atoms with Crippen LogP contribution in [0.4, 0.5) is 0 Å². The summed E-state index contributed by atoms with van der Waals surface area (Å²) in [6, 6.07) is 5.52. The molecule has 112 valence electrons. The van der Waals surface area contributed by atoms with Crippen molar-refractivity contribution in [3.63, 3.8) is 0 Å². The highest BCUT2D eigenvalue weighted by molar-refractivity contribution is 6.31. The number of rotatable bonds is 9. The van der Waals surface area contributed by atoms with E-state index in [4.69, 9.17) is 25.8 Å². The van der Waals surface area contributed by atoms with Crippen molar-refractivity contribution in [2.75, 3.05) is 33.5 Å². The first kappa shape index (κ1) is 16.8. The van der Waals surface area contributed by atoms with Crippen LogP contribution in [0, 0.1) is 0 Å². The number of hydrogen-bond donors (Lipinski definition) is 1. The third-order valence-corrected chi connectivity index (χ3v) is 2.90. The highest BCUT2D eigenvalue weighted by Crippen LogP contribution is 2.25. The smallest absolute Gasteiger partial charge is 0.332 e. The van der Waals surface area contributed by atoms with Crippen molar-refractivity contribution >= 4 is 17.6 Å².